The summed E-state index contributed by atoms with van der Waals surface area (Å²) < 4.78 is 33.1. The molecule has 1 N–H and O–H groups in total. The molecule has 1 saturated carbocycles. The molecule has 0 aliphatic heterocycles. The lowest BCUT2D eigenvalue weighted by Crippen LogP contribution is -2.43. The molecule has 0 atom stereocenters. The molecule has 1 heterocycles. The number of H-pyrrole nitrogens is 1. The van der Waals surface area contributed by atoms with Crippen LogP contribution < -0.4 is 0 Å². The minimum Gasteiger partial charge on any atom is -0.381 e. The van der Waals surface area contributed by atoms with Gasteiger partial charge in [-0.25, -0.2) is 8.78 Å². The Morgan fingerprint density at radius 1 is 1.27 bits per heavy atom. The maximum absolute atomic E-state index is 14.1. The molecule has 5 nitrogen and oxygen atoms in total. The minimum atomic E-state index is -0.519. The van der Waals surface area contributed by atoms with Crippen LogP contribution in [0.3, 0.4) is 0 Å². The highest BCUT2D eigenvalue weighted by Crippen LogP contribution is 2.28. The van der Waals surface area contributed by atoms with Gasteiger partial charge in [-0.05, 0) is 56.9 Å². The van der Waals surface area contributed by atoms with Crippen LogP contribution in [0.2, 0.25) is 0 Å². The molecule has 0 radical (unpaired) electrons. The first kappa shape index (κ1) is 18.5. The van der Waals surface area contributed by atoms with Gasteiger partial charge in [-0.1, -0.05) is 0 Å². The fourth-order valence-electron chi connectivity index (χ4n) is 3.49. The predicted octanol–water partition coefficient (Wildman–Crippen LogP) is 3.60. The highest BCUT2D eigenvalue weighted by molar-refractivity contribution is 5.92. The number of nitrogens with zero attached hydrogens (tertiary/aromatic N) is 2. The first-order valence-electron chi connectivity index (χ1n) is 8.77. The van der Waals surface area contributed by atoms with Gasteiger partial charge >= 0.3 is 0 Å². The maximum Gasteiger partial charge on any atom is 0.272 e. The van der Waals surface area contributed by atoms with Crippen molar-refractivity contribution in [3.05, 3.63) is 52.9 Å². The number of aryl methyl sites for hydroxylation is 1. The van der Waals surface area contributed by atoms with Crippen LogP contribution in [0.5, 0.6) is 0 Å². The molecular formula is C19H23F2N3O2. The summed E-state index contributed by atoms with van der Waals surface area (Å²) in [5.41, 5.74) is 1.23. The molecule has 7 heteroatoms. The van der Waals surface area contributed by atoms with Gasteiger partial charge < -0.3 is 9.64 Å². The molecule has 3 rings (SSSR count). The van der Waals surface area contributed by atoms with E-state index in [4.69, 9.17) is 4.74 Å². The molecule has 26 heavy (non-hydrogen) atoms. The topological polar surface area (TPSA) is 58.2 Å². The van der Waals surface area contributed by atoms with E-state index in [-0.39, 0.29) is 30.2 Å². The van der Waals surface area contributed by atoms with Gasteiger partial charge in [0.2, 0.25) is 0 Å². The van der Waals surface area contributed by atoms with Crippen molar-refractivity contribution < 1.29 is 18.3 Å². The molecular weight excluding hydrogens is 340 g/mol. The lowest BCUT2D eigenvalue weighted by Gasteiger charge is -2.36. The Morgan fingerprint density at radius 2 is 2.00 bits per heavy atom. The van der Waals surface area contributed by atoms with E-state index in [0.717, 1.165) is 43.9 Å². The van der Waals surface area contributed by atoms with Crippen LogP contribution in [-0.4, -0.2) is 40.3 Å². The summed E-state index contributed by atoms with van der Waals surface area (Å²) in [4.78, 5) is 14.6. The van der Waals surface area contributed by atoms with Crippen molar-refractivity contribution in [1.82, 2.24) is 15.1 Å². The zero-order valence-corrected chi connectivity index (χ0v) is 15.0. The third kappa shape index (κ3) is 4.09. The number of methoxy groups -OCH3 is 1. The van der Waals surface area contributed by atoms with E-state index in [9.17, 15) is 13.6 Å². The van der Waals surface area contributed by atoms with Gasteiger partial charge in [0.25, 0.3) is 5.91 Å². The Bertz CT molecular complexity index is 770. The third-order valence-corrected chi connectivity index (χ3v) is 4.96. The first-order chi connectivity index (χ1) is 12.5. The van der Waals surface area contributed by atoms with Crippen LogP contribution in [0, 0.1) is 18.6 Å². The highest BCUT2D eigenvalue weighted by atomic mass is 19.1. The number of halogens is 2. The number of nitrogens with one attached hydrogen (secondary N) is 1. The van der Waals surface area contributed by atoms with Crippen LogP contribution in [0.15, 0.2) is 24.3 Å². The second kappa shape index (κ2) is 7.95. The van der Waals surface area contributed by atoms with Crippen molar-refractivity contribution in [3.63, 3.8) is 0 Å². The summed E-state index contributed by atoms with van der Waals surface area (Å²) in [6.07, 6.45) is 3.36. The largest absolute Gasteiger partial charge is 0.381 e. The second-order valence-corrected chi connectivity index (χ2v) is 6.76. The van der Waals surface area contributed by atoms with E-state index >= 15 is 0 Å². The van der Waals surface area contributed by atoms with Crippen molar-refractivity contribution in [2.45, 2.75) is 51.3 Å². The monoisotopic (exact) mass is 363 g/mol. The van der Waals surface area contributed by atoms with Crippen LogP contribution in [0.4, 0.5) is 8.78 Å². The number of amides is 1. The number of hydrogen-bond acceptors (Lipinski definition) is 3. The zero-order valence-electron chi connectivity index (χ0n) is 15.0. The molecule has 1 aromatic heterocycles. The van der Waals surface area contributed by atoms with E-state index in [0.29, 0.717) is 11.4 Å². The summed E-state index contributed by atoms with van der Waals surface area (Å²) >= 11 is 0. The number of aromatic nitrogens is 2. The van der Waals surface area contributed by atoms with E-state index in [2.05, 4.69) is 10.2 Å². The molecule has 1 amide bonds. The van der Waals surface area contributed by atoms with E-state index in [1.165, 1.54) is 0 Å². The molecule has 1 aliphatic carbocycles. The number of rotatable bonds is 5. The summed E-state index contributed by atoms with van der Waals surface area (Å²) in [7, 11) is 1.68. The Labute approximate surface area is 151 Å². The normalized spacial score (nSPS) is 20.2. The number of carbonyl (C=O) groups excluding carboxylic acids is 1. The van der Waals surface area contributed by atoms with Gasteiger partial charge in [-0.2, -0.15) is 5.10 Å². The lowest BCUT2D eigenvalue weighted by molar-refractivity contribution is 0.0308. The summed E-state index contributed by atoms with van der Waals surface area (Å²) in [6, 6.07) is 4.93. The Hall–Kier alpha value is -2.28. The molecule has 0 bridgehead atoms. The number of benzene rings is 1. The first-order valence-corrected chi connectivity index (χ1v) is 8.77. The van der Waals surface area contributed by atoms with Gasteiger partial charge in [-0.3, -0.25) is 9.89 Å². The van der Waals surface area contributed by atoms with Crippen LogP contribution in [-0.2, 0) is 11.3 Å². The quantitative estimate of drug-likeness (QED) is 0.883. The zero-order chi connectivity index (χ0) is 18.7. The fourth-order valence-corrected chi connectivity index (χ4v) is 3.49. The number of ether oxygens (including phenoxy) is 1. The molecule has 2 aromatic rings. The van der Waals surface area contributed by atoms with Crippen molar-refractivity contribution in [1.29, 1.82) is 0 Å². The summed E-state index contributed by atoms with van der Waals surface area (Å²) in [6.45, 7) is 1.80. The second-order valence-electron chi connectivity index (χ2n) is 6.76. The molecule has 0 unspecified atom stereocenters. The third-order valence-electron chi connectivity index (χ3n) is 4.96. The van der Waals surface area contributed by atoms with Crippen molar-refractivity contribution in [3.8, 4) is 0 Å². The molecule has 140 valence electrons. The van der Waals surface area contributed by atoms with Crippen molar-refractivity contribution >= 4 is 5.91 Å². The maximum atomic E-state index is 14.1. The van der Waals surface area contributed by atoms with Crippen molar-refractivity contribution in [2.24, 2.45) is 0 Å². The SMILES string of the molecule is CO[C@H]1CC[C@H](N(Cc2cc(F)ccc2F)C(=O)c2cc(C)n[nH]2)CC1. The number of hydrogen-bond donors (Lipinski definition) is 1. The van der Waals surface area contributed by atoms with Gasteiger partial charge in [0.15, 0.2) is 0 Å². The van der Waals surface area contributed by atoms with E-state index in [1.54, 1.807) is 25.0 Å². The number of carbonyl (C=O) groups is 1. The van der Waals surface area contributed by atoms with Gasteiger partial charge in [-0.15, -0.1) is 0 Å². The smallest absolute Gasteiger partial charge is 0.272 e. The minimum absolute atomic E-state index is 0.0167. The van der Waals surface area contributed by atoms with Crippen LogP contribution in [0.25, 0.3) is 0 Å². The van der Waals surface area contributed by atoms with E-state index in [1.807, 2.05) is 0 Å². The van der Waals surface area contributed by atoms with Crippen molar-refractivity contribution in [2.75, 3.05) is 7.11 Å². The van der Waals surface area contributed by atoms with Gasteiger partial charge in [0.05, 0.1) is 11.8 Å². The Balaban J connectivity index is 1.86. The molecule has 1 fully saturated rings. The fraction of sp³-hybridized carbons (Fsp3) is 0.474. The van der Waals surface area contributed by atoms with Crippen LogP contribution in [0.1, 0.15) is 47.4 Å². The van der Waals surface area contributed by atoms with Gasteiger partial charge in [0, 0.05) is 25.3 Å². The predicted molar refractivity (Wildman–Crippen MR) is 92.6 cm³/mol. The Morgan fingerprint density at radius 3 is 2.62 bits per heavy atom. The van der Waals surface area contributed by atoms with E-state index < -0.39 is 11.6 Å². The number of aromatic amines is 1. The van der Waals surface area contributed by atoms with Crippen LogP contribution >= 0.6 is 0 Å². The lowest BCUT2D eigenvalue weighted by atomic mass is 9.91. The molecule has 0 saturated heterocycles. The van der Waals surface area contributed by atoms with Gasteiger partial charge in [0.1, 0.15) is 17.3 Å². The molecule has 1 aromatic carbocycles. The highest BCUT2D eigenvalue weighted by Gasteiger charge is 2.31. The average Bonchev–Trinajstić information content (AvgIpc) is 3.08. The standard InChI is InChI=1S/C19H23F2N3O2/c1-12-9-18(23-22-12)19(25)24(15-4-6-16(26-2)7-5-15)11-13-10-14(20)3-8-17(13)21/h3,8-10,15-16H,4-7,11H2,1-2H3,(H,22,23)/t15-,16-. The summed E-state index contributed by atoms with van der Waals surface area (Å²) in [5.74, 6) is -1.29. The Kier molecular flexibility index (Phi) is 5.66. The average molecular weight is 363 g/mol. The molecule has 0 spiro atoms. The summed E-state index contributed by atoms with van der Waals surface area (Å²) in [5, 5.41) is 6.73. The molecule has 1 aliphatic rings.